The Balaban J connectivity index is 1.82. The van der Waals surface area contributed by atoms with Crippen LogP contribution in [0.1, 0.15) is 50.2 Å². The highest BCUT2D eigenvalue weighted by Crippen LogP contribution is 2.34. The standard InChI is InChI=1S/C26H29N5O5S/c1-15-8-10-16(11-9-15)22(25(33)29-14-19-7-4-12-36-19)31(17-5-3-6-18(13-17)35-2)26(34)23-20(27)21(24(28)32)30-37-23/h3,5-6,8-11,13,19,22H,4,7,12,14,27H2,1-2H3,(H2,28,32)(H,29,33). The van der Waals surface area contributed by atoms with E-state index >= 15 is 0 Å². The predicted octanol–water partition coefficient (Wildman–Crippen LogP) is 2.82. The Morgan fingerprint density at radius 1 is 1.24 bits per heavy atom. The third-order valence-corrected chi connectivity index (χ3v) is 6.98. The summed E-state index contributed by atoms with van der Waals surface area (Å²) in [5.41, 5.74) is 13.2. The second-order valence-electron chi connectivity index (χ2n) is 8.71. The molecule has 3 amide bonds. The van der Waals surface area contributed by atoms with Crippen LogP contribution in [0.5, 0.6) is 5.75 Å². The largest absolute Gasteiger partial charge is 0.497 e. The summed E-state index contributed by atoms with van der Waals surface area (Å²) in [5.74, 6) is -1.35. The fourth-order valence-electron chi connectivity index (χ4n) is 4.17. The average Bonchev–Trinajstić information content (AvgIpc) is 3.56. The number of nitrogens with one attached hydrogen (secondary N) is 1. The Morgan fingerprint density at radius 2 is 2.00 bits per heavy atom. The van der Waals surface area contributed by atoms with Crippen LogP contribution in [0.3, 0.4) is 0 Å². The van der Waals surface area contributed by atoms with Gasteiger partial charge in [0, 0.05) is 24.9 Å². The summed E-state index contributed by atoms with van der Waals surface area (Å²) in [6, 6.07) is 13.1. The molecule has 11 heteroatoms. The first-order valence-electron chi connectivity index (χ1n) is 11.8. The average molecular weight is 524 g/mol. The maximum absolute atomic E-state index is 14.1. The molecule has 1 aliphatic heterocycles. The van der Waals surface area contributed by atoms with E-state index in [1.165, 1.54) is 12.0 Å². The summed E-state index contributed by atoms with van der Waals surface area (Å²) in [7, 11) is 1.51. The molecule has 1 aliphatic rings. The van der Waals surface area contributed by atoms with Crippen LogP contribution in [0.25, 0.3) is 0 Å². The Kier molecular flexibility index (Phi) is 8.04. The number of amides is 3. The lowest BCUT2D eigenvalue weighted by Crippen LogP contribution is -2.45. The lowest BCUT2D eigenvalue weighted by atomic mass is 10.0. The Labute approximate surface area is 218 Å². The van der Waals surface area contributed by atoms with Crippen LogP contribution in [0.2, 0.25) is 0 Å². The molecule has 0 radical (unpaired) electrons. The predicted molar refractivity (Wildman–Crippen MR) is 141 cm³/mol. The highest BCUT2D eigenvalue weighted by atomic mass is 32.1. The number of benzene rings is 2. The van der Waals surface area contributed by atoms with Gasteiger partial charge in [-0.1, -0.05) is 35.9 Å². The van der Waals surface area contributed by atoms with E-state index in [9.17, 15) is 14.4 Å². The summed E-state index contributed by atoms with van der Waals surface area (Å²) < 4.78 is 15.0. The second-order valence-corrected chi connectivity index (χ2v) is 9.48. The molecule has 194 valence electrons. The van der Waals surface area contributed by atoms with Gasteiger partial charge in [-0.05, 0) is 49.0 Å². The minimum Gasteiger partial charge on any atom is -0.497 e. The third-order valence-electron chi connectivity index (χ3n) is 6.13. The van der Waals surface area contributed by atoms with Crippen LogP contribution in [0.15, 0.2) is 48.5 Å². The number of aromatic nitrogens is 1. The molecule has 1 fully saturated rings. The lowest BCUT2D eigenvalue weighted by molar-refractivity contribution is -0.123. The SMILES string of the molecule is COc1cccc(N(C(=O)c2snc(C(N)=O)c2N)C(C(=O)NCC2CCCO2)c2ccc(C)cc2)c1. The zero-order valence-electron chi connectivity index (χ0n) is 20.6. The lowest BCUT2D eigenvalue weighted by Gasteiger charge is -2.32. The summed E-state index contributed by atoms with van der Waals surface area (Å²) in [4.78, 5) is 40.9. The molecular formula is C26H29N5O5S. The number of carbonyl (C=O) groups is 3. The molecule has 2 aromatic carbocycles. The first-order chi connectivity index (χ1) is 17.8. The van der Waals surface area contributed by atoms with Gasteiger partial charge in [0.05, 0.1) is 18.9 Å². The smallest absolute Gasteiger partial charge is 0.273 e. The van der Waals surface area contributed by atoms with Crippen LogP contribution < -0.4 is 26.4 Å². The molecule has 2 heterocycles. The fraction of sp³-hybridized carbons (Fsp3) is 0.308. The quantitative estimate of drug-likeness (QED) is 0.390. The molecule has 0 aliphatic carbocycles. The first kappa shape index (κ1) is 26.1. The summed E-state index contributed by atoms with van der Waals surface area (Å²) in [5, 5.41) is 2.95. The number of nitrogen functional groups attached to an aromatic ring is 1. The maximum atomic E-state index is 14.1. The topological polar surface area (TPSA) is 150 Å². The number of nitrogens with two attached hydrogens (primary N) is 2. The van der Waals surface area contributed by atoms with Gasteiger partial charge in [-0.25, -0.2) is 0 Å². The van der Waals surface area contributed by atoms with Crippen LogP contribution >= 0.6 is 11.5 Å². The van der Waals surface area contributed by atoms with Crippen molar-refractivity contribution in [2.75, 3.05) is 30.9 Å². The van der Waals surface area contributed by atoms with Gasteiger partial charge in [0.2, 0.25) is 5.91 Å². The Bertz CT molecular complexity index is 1290. The number of primary amides is 1. The van der Waals surface area contributed by atoms with Crippen LogP contribution in [0, 0.1) is 6.92 Å². The minimum absolute atomic E-state index is 0.000609. The highest BCUT2D eigenvalue weighted by Gasteiger charge is 2.36. The molecule has 1 aromatic heterocycles. The number of rotatable bonds is 9. The van der Waals surface area contributed by atoms with Crippen LogP contribution in [-0.2, 0) is 9.53 Å². The van der Waals surface area contributed by atoms with Crippen molar-refractivity contribution in [2.45, 2.75) is 31.9 Å². The molecule has 3 aromatic rings. The van der Waals surface area contributed by atoms with Crippen molar-refractivity contribution in [3.8, 4) is 5.75 Å². The van der Waals surface area contributed by atoms with Gasteiger partial charge in [0.1, 0.15) is 16.7 Å². The number of methoxy groups -OCH3 is 1. The normalized spacial score (nSPS) is 15.7. The van der Waals surface area contributed by atoms with Gasteiger partial charge in [-0.15, -0.1) is 0 Å². The number of anilines is 2. The van der Waals surface area contributed by atoms with E-state index in [4.69, 9.17) is 20.9 Å². The molecule has 10 nitrogen and oxygen atoms in total. The molecule has 4 rings (SSSR count). The number of nitrogens with zero attached hydrogens (tertiary/aromatic N) is 2. The molecular weight excluding hydrogens is 494 g/mol. The van der Waals surface area contributed by atoms with Gasteiger partial charge in [0.25, 0.3) is 11.8 Å². The Hall–Kier alpha value is -3.96. The second kappa shape index (κ2) is 11.4. The Morgan fingerprint density at radius 3 is 2.62 bits per heavy atom. The number of carbonyl (C=O) groups excluding carboxylic acids is 3. The van der Waals surface area contributed by atoms with Crippen molar-refractivity contribution in [1.29, 1.82) is 0 Å². The van der Waals surface area contributed by atoms with E-state index in [-0.39, 0.29) is 22.4 Å². The number of hydrogen-bond acceptors (Lipinski definition) is 8. The monoisotopic (exact) mass is 523 g/mol. The van der Waals surface area contributed by atoms with Gasteiger partial charge in [-0.3, -0.25) is 19.3 Å². The summed E-state index contributed by atoms with van der Waals surface area (Å²) in [6.07, 6.45) is 1.70. The molecule has 0 spiro atoms. The molecule has 2 atom stereocenters. The number of aryl methyl sites for hydroxylation is 1. The van der Waals surface area contributed by atoms with Crippen molar-refractivity contribution in [1.82, 2.24) is 9.69 Å². The van der Waals surface area contributed by atoms with Crippen molar-refractivity contribution >= 4 is 40.6 Å². The van der Waals surface area contributed by atoms with Gasteiger partial charge < -0.3 is 26.3 Å². The molecule has 37 heavy (non-hydrogen) atoms. The van der Waals surface area contributed by atoms with Gasteiger partial charge in [0.15, 0.2) is 5.69 Å². The fourth-order valence-corrected chi connectivity index (χ4v) is 4.91. The van der Waals surface area contributed by atoms with E-state index in [1.807, 2.05) is 19.1 Å². The molecule has 5 N–H and O–H groups in total. The van der Waals surface area contributed by atoms with Crippen molar-refractivity contribution in [2.24, 2.45) is 5.73 Å². The van der Waals surface area contributed by atoms with Crippen LogP contribution in [0.4, 0.5) is 11.4 Å². The van der Waals surface area contributed by atoms with E-state index in [0.717, 1.165) is 29.9 Å². The zero-order chi connectivity index (χ0) is 26.5. The summed E-state index contributed by atoms with van der Waals surface area (Å²) >= 11 is 0.756. The van der Waals surface area contributed by atoms with E-state index in [2.05, 4.69) is 9.69 Å². The maximum Gasteiger partial charge on any atom is 0.273 e. The third kappa shape index (κ3) is 5.73. The van der Waals surface area contributed by atoms with Crippen molar-refractivity contribution in [3.63, 3.8) is 0 Å². The summed E-state index contributed by atoms with van der Waals surface area (Å²) in [6.45, 7) is 2.91. The van der Waals surface area contributed by atoms with E-state index < -0.39 is 23.8 Å². The number of ether oxygens (including phenoxy) is 2. The molecule has 2 unspecified atom stereocenters. The van der Waals surface area contributed by atoms with Gasteiger partial charge in [-0.2, -0.15) is 4.37 Å². The van der Waals surface area contributed by atoms with Crippen molar-refractivity contribution in [3.05, 3.63) is 70.2 Å². The molecule has 1 saturated heterocycles. The van der Waals surface area contributed by atoms with Crippen molar-refractivity contribution < 1.29 is 23.9 Å². The number of hydrogen-bond donors (Lipinski definition) is 3. The first-order valence-corrected chi connectivity index (χ1v) is 12.6. The molecule has 0 bridgehead atoms. The minimum atomic E-state index is -1.07. The van der Waals surface area contributed by atoms with Crippen LogP contribution in [-0.4, -0.2) is 48.5 Å². The van der Waals surface area contributed by atoms with E-state index in [0.29, 0.717) is 30.2 Å². The zero-order valence-corrected chi connectivity index (χ0v) is 21.4. The highest BCUT2D eigenvalue weighted by molar-refractivity contribution is 7.09. The molecule has 0 saturated carbocycles. The van der Waals surface area contributed by atoms with Gasteiger partial charge >= 0.3 is 0 Å². The van der Waals surface area contributed by atoms with E-state index in [1.54, 1.807) is 36.4 Å².